The van der Waals surface area contributed by atoms with Gasteiger partial charge in [0, 0.05) is 6.20 Å². The number of aryl methyl sites for hydroxylation is 1. The van der Waals surface area contributed by atoms with Gasteiger partial charge in [0.05, 0.1) is 0 Å². The number of carbonyl (C=O) groups excluding carboxylic acids is 1. The molecule has 0 amide bonds. The fourth-order valence-corrected chi connectivity index (χ4v) is 2.37. The van der Waals surface area contributed by atoms with Crippen LogP contribution in [0.2, 0.25) is 0 Å². The number of hydrogen-bond donors (Lipinski definition) is 0. The van der Waals surface area contributed by atoms with Crippen molar-refractivity contribution in [2.45, 2.75) is 32.6 Å². The first kappa shape index (κ1) is 16.9. The SMILES string of the molecule is CCCCCc1ccc(C=O)nc1.c1ccc2ccccc2c1. The van der Waals surface area contributed by atoms with Crippen molar-refractivity contribution >= 4 is 17.1 Å². The molecule has 1 aromatic heterocycles. The van der Waals surface area contributed by atoms with E-state index in [0.717, 1.165) is 12.7 Å². The first-order valence-corrected chi connectivity index (χ1v) is 8.17. The maximum Gasteiger partial charge on any atom is 0.168 e. The van der Waals surface area contributed by atoms with Gasteiger partial charge in [0.15, 0.2) is 6.29 Å². The number of rotatable bonds is 5. The Kier molecular flexibility index (Phi) is 6.99. The van der Waals surface area contributed by atoms with Crippen molar-refractivity contribution in [2.75, 3.05) is 0 Å². The van der Waals surface area contributed by atoms with Gasteiger partial charge in [0.2, 0.25) is 0 Å². The third-order valence-corrected chi connectivity index (χ3v) is 3.70. The van der Waals surface area contributed by atoms with Crippen LogP contribution in [0.15, 0.2) is 66.9 Å². The van der Waals surface area contributed by atoms with E-state index in [9.17, 15) is 4.79 Å². The van der Waals surface area contributed by atoms with Crippen LogP contribution < -0.4 is 0 Å². The summed E-state index contributed by atoms with van der Waals surface area (Å²) < 4.78 is 0. The van der Waals surface area contributed by atoms with Gasteiger partial charge in [0.25, 0.3) is 0 Å². The molecule has 2 nitrogen and oxygen atoms in total. The maximum absolute atomic E-state index is 10.3. The molecule has 0 spiro atoms. The molecule has 0 fully saturated rings. The van der Waals surface area contributed by atoms with E-state index in [0.29, 0.717) is 5.69 Å². The van der Waals surface area contributed by atoms with E-state index >= 15 is 0 Å². The summed E-state index contributed by atoms with van der Waals surface area (Å²) in [5, 5.41) is 2.62. The monoisotopic (exact) mass is 305 g/mol. The fraction of sp³-hybridized carbons (Fsp3) is 0.238. The molecule has 0 aliphatic rings. The van der Waals surface area contributed by atoms with Crippen LogP contribution in [0.1, 0.15) is 42.2 Å². The lowest BCUT2D eigenvalue weighted by Crippen LogP contribution is -1.90. The van der Waals surface area contributed by atoms with Gasteiger partial charge in [-0.1, -0.05) is 74.4 Å². The third kappa shape index (κ3) is 5.67. The Morgan fingerprint density at radius 3 is 1.91 bits per heavy atom. The number of aromatic nitrogens is 1. The highest BCUT2D eigenvalue weighted by Gasteiger charge is 1.94. The van der Waals surface area contributed by atoms with Crippen molar-refractivity contribution in [3.05, 3.63) is 78.1 Å². The number of unbranched alkanes of at least 4 members (excludes halogenated alkanes) is 2. The van der Waals surface area contributed by atoms with Gasteiger partial charge in [-0.05, 0) is 35.2 Å². The summed E-state index contributed by atoms with van der Waals surface area (Å²) >= 11 is 0. The number of fused-ring (bicyclic) bond motifs is 1. The predicted molar refractivity (Wildman–Crippen MR) is 96.8 cm³/mol. The van der Waals surface area contributed by atoms with Crippen LogP contribution in [0.25, 0.3) is 10.8 Å². The molecule has 0 N–H and O–H groups in total. The summed E-state index contributed by atoms with van der Waals surface area (Å²) in [6, 6.07) is 20.5. The van der Waals surface area contributed by atoms with Gasteiger partial charge in [-0.2, -0.15) is 0 Å². The third-order valence-electron chi connectivity index (χ3n) is 3.70. The van der Waals surface area contributed by atoms with E-state index in [1.54, 1.807) is 12.3 Å². The van der Waals surface area contributed by atoms with Gasteiger partial charge in [-0.15, -0.1) is 0 Å². The number of pyridine rings is 1. The van der Waals surface area contributed by atoms with E-state index in [-0.39, 0.29) is 0 Å². The van der Waals surface area contributed by atoms with E-state index in [4.69, 9.17) is 0 Å². The Hall–Kier alpha value is -2.48. The lowest BCUT2D eigenvalue weighted by molar-refractivity contribution is 0.111. The highest BCUT2D eigenvalue weighted by atomic mass is 16.1. The van der Waals surface area contributed by atoms with E-state index in [2.05, 4.69) is 60.4 Å². The molecule has 0 radical (unpaired) electrons. The molecule has 0 aliphatic heterocycles. The molecule has 0 bridgehead atoms. The number of nitrogens with zero attached hydrogens (tertiary/aromatic N) is 1. The van der Waals surface area contributed by atoms with Crippen LogP contribution in [0.3, 0.4) is 0 Å². The van der Waals surface area contributed by atoms with Crippen LogP contribution in [0.5, 0.6) is 0 Å². The van der Waals surface area contributed by atoms with E-state index < -0.39 is 0 Å². The second-order valence-electron chi connectivity index (χ2n) is 5.51. The topological polar surface area (TPSA) is 30.0 Å². The molecule has 1 heterocycles. The number of benzene rings is 2. The Bertz CT molecular complexity index is 654. The minimum Gasteiger partial charge on any atom is -0.296 e. The van der Waals surface area contributed by atoms with Crippen molar-refractivity contribution < 1.29 is 4.79 Å². The average molecular weight is 305 g/mol. The molecule has 118 valence electrons. The molecular weight excluding hydrogens is 282 g/mol. The lowest BCUT2D eigenvalue weighted by atomic mass is 10.1. The second-order valence-corrected chi connectivity index (χ2v) is 5.51. The highest BCUT2D eigenvalue weighted by Crippen LogP contribution is 2.11. The molecule has 3 aromatic rings. The van der Waals surface area contributed by atoms with Gasteiger partial charge < -0.3 is 0 Å². The van der Waals surface area contributed by atoms with Crippen LogP contribution >= 0.6 is 0 Å². The van der Waals surface area contributed by atoms with Crippen LogP contribution in [-0.2, 0) is 6.42 Å². The smallest absolute Gasteiger partial charge is 0.168 e. The molecule has 2 heteroatoms. The Morgan fingerprint density at radius 2 is 1.48 bits per heavy atom. The van der Waals surface area contributed by atoms with Gasteiger partial charge in [-0.25, -0.2) is 0 Å². The molecule has 0 unspecified atom stereocenters. The van der Waals surface area contributed by atoms with Crippen molar-refractivity contribution in [1.82, 2.24) is 4.98 Å². The first-order chi connectivity index (χ1) is 11.3. The standard InChI is InChI=1S/C11H15NO.C10H8/c1-2-3-4-5-10-6-7-11(9-13)12-8-10;1-2-6-10-8-4-3-7-9(10)5-1/h6-9H,2-5H2,1H3;1-8H. The Morgan fingerprint density at radius 1 is 0.870 bits per heavy atom. The van der Waals surface area contributed by atoms with Gasteiger partial charge in [0.1, 0.15) is 5.69 Å². The van der Waals surface area contributed by atoms with Gasteiger partial charge in [-0.3, -0.25) is 9.78 Å². The van der Waals surface area contributed by atoms with Crippen molar-refractivity contribution in [3.63, 3.8) is 0 Å². The fourth-order valence-electron chi connectivity index (χ4n) is 2.37. The van der Waals surface area contributed by atoms with E-state index in [1.807, 2.05) is 6.07 Å². The summed E-state index contributed by atoms with van der Waals surface area (Å²) in [7, 11) is 0. The number of carbonyl (C=O) groups is 1. The second kappa shape index (κ2) is 9.52. The highest BCUT2D eigenvalue weighted by molar-refractivity contribution is 5.82. The number of hydrogen-bond acceptors (Lipinski definition) is 2. The molecule has 0 atom stereocenters. The summed E-state index contributed by atoms with van der Waals surface area (Å²) in [6.45, 7) is 2.19. The molecule has 23 heavy (non-hydrogen) atoms. The Labute approximate surface area is 138 Å². The molecular formula is C21H23NO. The Balaban J connectivity index is 0.000000172. The molecule has 3 rings (SSSR count). The molecule has 0 saturated heterocycles. The quantitative estimate of drug-likeness (QED) is 0.462. The van der Waals surface area contributed by atoms with Crippen molar-refractivity contribution in [2.24, 2.45) is 0 Å². The molecule has 0 aliphatic carbocycles. The summed E-state index contributed by atoms with van der Waals surface area (Å²) in [6.07, 6.45) is 7.34. The summed E-state index contributed by atoms with van der Waals surface area (Å²) in [5.74, 6) is 0. The summed E-state index contributed by atoms with van der Waals surface area (Å²) in [4.78, 5) is 14.3. The number of aldehydes is 1. The van der Waals surface area contributed by atoms with Crippen LogP contribution in [0.4, 0.5) is 0 Å². The largest absolute Gasteiger partial charge is 0.296 e. The van der Waals surface area contributed by atoms with Gasteiger partial charge >= 0.3 is 0 Å². The van der Waals surface area contributed by atoms with E-state index in [1.165, 1.54) is 35.6 Å². The first-order valence-electron chi connectivity index (χ1n) is 8.17. The van der Waals surface area contributed by atoms with Crippen molar-refractivity contribution in [3.8, 4) is 0 Å². The van der Waals surface area contributed by atoms with Crippen LogP contribution in [0, 0.1) is 0 Å². The minimum atomic E-state index is 0.513. The zero-order valence-corrected chi connectivity index (χ0v) is 13.6. The maximum atomic E-state index is 10.3. The zero-order valence-electron chi connectivity index (χ0n) is 13.6. The predicted octanol–water partition coefficient (Wildman–Crippen LogP) is 5.47. The minimum absolute atomic E-state index is 0.513. The lowest BCUT2D eigenvalue weighted by Gasteiger charge is -1.99. The van der Waals surface area contributed by atoms with Crippen molar-refractivity contribution in [1.29, 1.82) is 0 Å². The zero-order chi connectivity index (χ0) is 16.3. The molecule has 2 aromatic carbocycles. The normalized spacial score (nSPS) is 9.96. The summed E-state index contributed by atoms with van der Waals surface area (Å²) in [5.41, 5.74) is 1.73. The van der Waals surface area contributed by atoms with Crippen LogP contribution in [-0.4, -0.2) is 11.3 Å². The molecule has 0 saturated carbocycles. The average Bonchev–Trinajstić information content (AvgIpc) is 2.63.